The summed E-state index contributed by atoms with van der Waals surface area (Å²) in [5.74, 6) is 0.715. The molecule has 0 heterocycles. The second-order valence-corrected chi connectivity index (χ2v) is 5.56. The van der Waals surface area contributed by atoms with Crippen LogP contribution in [0.15, 0.2) is 5.11 Å². The van der Waals surface area contributed by atoms with Crippen molar-refractivity contribution in [3.8, 4) is 0 Å². The van der Waals surface area contributed by atoms with Crippen molar-refractivity contribution in [3.63, 3.8) is 0 Å². The summed E-state index contributed by atoms with van der Waals surface area (Å²) in [5, 5.41) is 11.4. The molecule has 0 amide bonds. The molecule has 0 fully saturated rings. The topological polar surface area (TPSA) is 86.1 Å². The van der Waals surface area contributed by atoms with Gasteiger partial charge in [-0.05, 0) is 31.6 Å². The van der Waals surface area contributed by atoms with E-state index in [1.165, 1.54) is 32.1 Å². The number of halogens is 1. The van der Waals surface area contributed by atoms with E-state index in [1.54, 1.807) is 0 Å². The summed E-state index contributed by atoms with van der Waals surface area (Å²) in [6.45, 7) is 0.810. The molecule has 1 unspecified atom stereocenters. The summed E-state index contributed by atoms with van der Waals surface area (Å²) >= 11 is 4.12. The second kappa shape index (κ2) is 17.1. The van der Waals surface area contributed by atoms with E-state index in [2.05, 4.69) is 17.7 Å². The predicted octanol–water partition coefficient (Wildman–Crippen LogP) is 4.77. The van der Waals surface area contributed by atoms with Crippen LogP contribution in [0.3, 0.4) is 0 Å². The number of unbranched alkanes of at least 4 members (excludes halogenated alkanes) is 6. The molecule has 4 N–H and O–H groups in total. The molecular formula is C14H31BrN4S. The van der Waals surface area contributed by atoms with Crippen molar-refractivity contribution in [1.82, 2.24) is 0 Å². The van der Waals surface area contributed by atoms with Crippen molar-refractivity contribution in [2.75, 3.05) is 12.3 Å². The summed E-state index contributed by atoms with van der Waals surface area (Å²) in [6, 6.07) is 0.0182. The van der Waals surface area contributed by atoms with Gasteiger partial charge < -0.3 is 11.1 Å². The molecule has 120 valence electrons. The lowest BCUT2D eigenvalue weighted by atomic mass is 10.0. The molecule has 0 aromatic heterocycles. The standard InChI is InChI=1S/C14H30N4S.BrH/c15-10-7-5-3-1-2-4-6-8-14(18-17)12-13(16)9-11-19;/h14,16-17,19H,1-12,15H2;1H. The number of nitrogens with zero attached hydrogens (tertiary/aromatic N) is 1. The molecule has 0 rings (SSSR count). The average Bonchev–Trinajstić information content (AvgIpc) is 2.40. The molecule has 0 saturated heterocycles. The molecule has 20 heavy (non-hydrogen) atoms. The third-order valence-corrected chi connectivity index (χ3v) is 3.54. The highest BCUT2D eigenvalue weighted by atomic mass is 79.9. The number of hydrogen-bond acceptors (Lipinski definition) is 5. The lowest BCUT2D eigenvalue weighted by Crippen LogP contribution is -2.11. The molecule has 6 heteroatoms. The Bertz CT molecular complexity index is 239. The zero-order chi connectivity index (χ0) is 14.3. The maximum absolute atomic E-state index is 7.73. The molecule has 0 radical (unpaired) electrons. The largest absolute Gasteiger partial charge is 0.330 e. The quantitative estimate of drug-likeness (QED) is 0.152. The van der Waals surface area contributed by atoms with Gasteiger partial charge in [0.05, 0.1) is 6.04 Å². The molecule has 4 nitrogen and oxygen atoms in total. The number of hydrogen-bond donors (Lipinski definition) is 4. The molecule has 0 aromatic carbocycles. The van der Waals surface area contributed by atoms with Crippen LogP contribution in [0.2, 0.25) is 0 Å². The van der Waals surface area contributed by atoms with E-state index >= 15 is 0 Å². The molecule has 0 aliphatic rings. The van der Waals surface area contributed by atoms with Crippen molar-refractivity contribution < 1.29 is 0 Å². The SMILES string of the molecule is Br.N=NC(CCCCCCCCCN)CC(=N)CCS. The highest BCUT2D eigenvalue weighted by molar-refractivity contribution is 8.93. The Labute approximate surface area is 139 Å². The van der Waals surface area contributed by atoms with Crippen molar-refractivity contribution in [2.24, 2.45) is 10.8 Å². The van der Waals surface area contributed by atoms with Gasteiger partial charge in [0.25, 0.3) is 0 Å². The van der Waals surface area contributed by atoms with Crippen molar-refractivity contribution in [3.05, 3.63) is 0 Å². The van der Waals surface area contributed by atoms with Gasteiger partial charge in [-0.15, -0.1) is 17.0 Å². The van der Waals surface area contributed by atoms with E-state index in [-0.39, 0.29) is 23.0 Å². The third kappa shape index (κ3) is 14.5. The number of thiol groups is 1. The van der Waals surface area contributed by atoms with E-state index in [1.807, 2.05) is 0 Å². The van der Waals surface area contributed by atoms with E-state index in [4.69, 9.17) is 16.7 Å². The normalized spacial score (nSPS) is 11.7. The van der Waals surface area contributed by atoms with Crippen LogP contribution in [0.5, 0.6) is 0 Å². The number of rotatable bonds is 14. The van der Waals surface area contributed by atoms with Crippen LogP contribution >= 0.6 is 29.6 Å². The van der Waals surface area contributed by atoms with Gasteiger partial charge in [0, 0.05) is 12.1 Å². The lowest BCUT2D eigenvalue weighted by Gasteiger charge is -2.10. The Hall–Kier alpha value is 0.0600. The highest BCUT2D eigenvalue weighted by Gasteiger charge is 2.09. The Morgan fingerprint density at radius 3 is 2.10 bits per heavy atom. The predicted molar refractivity (Wildman–Crippen MR) is 96.1 cm³/mol. The Balaban J connectivity index is 0. The first-order chi connectivity index (χ1) is 9.24. The van der Waals surface area contributed by atoms with E-state index < -0.39 is 0 Å². The maximum atomic E-state index is 7.73. The summed E-state index contributed by atoms with van der Waals surface area (Å²) in [5.41, 5.74) is 13.3. The van der Waals surface area contributed by atoms with Crippen LogP contribution in [0, 0.1) is 10.9 Å². The van der Waals surface area contributed by atoms with Gasteiger partial charge in [0.15, 0.2) is 0 Å². The number of nitrogens with one attached hydrogen (secondary N) is 2. The lowest BCUT2D eigenvalue weighted by molar-refractivity contribution is 0.519. The molecular weight excluding hydrogens is 336 g/mol. The summed E-state index contributed by atoms with van der Waals surface area (Å²) in [6.07, 6.45) is 10.9. The van der Waals surface area contributed by atoms with Crippen LogP contribution in [-0.4, -0.2) is 24.1 Å². The number of nitrogens with two attached hydrogens (primary N) is 1. The smallest absolute Gasteiger partial charge is 0.0757 e. The fourth-order valence-corrected chi connectivity index (χ4v) is 2.41. The monoisotopic (exact) mass is 366 g/mol. The van der Waals surface area contributed by atoms with Crippen molar-refractivity contribution in [1.29, 1.82) is 10.9 Å². The van der Waals surface area contributed by atoms with Gasteiger partial charge in [-0.25, -0.2) is 5.53 Å². The van der Waals surface area contributed by atoms with Gasteiger partial charge in [-0.2, -0.15) is 17.7 Å². The molecule has 0 aromatic rings. The fraction of sp³-hybridized carbons (Fsp3) is 0.929. The van der Waals surface area contributed by atoms with E-state index in [0.717, 1.165) is 32.2 Å². The third-order valence-electron chi connectivity index (χ3n) is 3.32. The van der Waals surface area contributed by atoms with Gasteiger partial charge >= 0.3 is 0 Å². The summed E-state index contributed by atoms with van der Waals surface area (Å²) in [7, 11) is 0. The van der Waals surface area contributed by atoms with Crippen LogP contribution in [-0.2, 0) is 0 Å². The minimum absolute atomic E-state index is 0. The van der Waals surface area contributed by atoms with Gasteiger partial charge in [0.2, 0.25) is 0 Å². The molecule has 0 aliphatic carbocycles. The van der Waals surface area contributed by atoms with Gasteiger partial charge in [-0.3, -0.25) is 0 Å². The van der Waals surface area contributed by atoms with Crippen molar-refractivity contribution >= 4 is 35.3 Å². The van der Waals surface area contributed by atoms with Gasteiger partial charge in [-0.1, -0.05) is 38.5 Å². The Morgan fingerprint density at radius 1 is 1.05 bits per heavy atom. The van der Waals surface area contributed by atoms with E-state index in [0.29, 0.717) is 17.9 Å². The molecule has 0 spiro atoms. The molecule has 1 atom stereocenters. The molecule has 0 saturated carbocycles. The first-order valence-electron chi connectivity index (χ1n) is 7.48. The maximum Gasteiger partial charge on any atom is 0.0757 e. The van der Waals surface area contributed by atoms with Crippen LogP contribution in [0.1, 0.15) is 64.2 Å². The average molecular weight is 367 g/mol. The molecule has 0 aliphatic heterocycles. The van der Waals surface area contributed by atoms with Crippen LogP contribution in [0.25, 0.3) is 0 Å². The second-order valence-electron chi connectivity index (χ2n) is 5.12. The fourth-order valence-electron chi connectivity index (χ4n) is 2.14. The van der Waals surface area contributed by atoms with Crippen LogP contribution < -0.4 is 5.73 Å². The molecule has 0 bridgehead atoms. The Kier molecular flexibility index (Phi) is 19.1. The zero-order valence-electron chi connectivity index (χ0n) is 12.4. The Morgan fingerprint density at radius 2 is 1.60 bits per heavy atom. The van der Waals surface area contributed by atoms with E-state index in [9.17, 15) is 0 Å². The van der Waals surface area contributed by atoms with Crippen molar-refractivity contribution in [2.45, 2.75) is 70.3 Å². The van der Waals surface area contributed by atoms with Crippen LogP contribution in [0.4, 0.5) is 0 Å². The highest BCUT2D eigenvalue weighted by Crippen LogP contribution is 2.14. The minimum Gasteiger partial charge on any atom is -0.330 e. The first kappa shape index (κ1) is 22.3. The zero-order valence-corrected chi connectivity index (χ0v) is 15.1. The minimum atomic E-state index is 0. The summed E-state index contributed by atoms with van der Waals surface area (Å²) < 4.78 is 0. The van der Waals surface area contributed by atoms with Gasteiger partial charge in [0.1, 0.15) is 0 Å². The first-order valence-corrected chi connectivity index (χ1v) is 8.11. The summed E-state index contributed by atoms with van der Waals surface area (Å²) in [4.78, 5) is 0.